The average molecular weight is 448 g/mol. The molecule has 29 heavy (non-hydrogen) atoms. The first kappa shape index (κ1) is 21.4. The number of benzene rings is 1. The minimum atomic E-state index is -4.80. The molecule has 0 aliphatic carbocycles. The Labute approximate surface area is 173 Å². The highest BCUT2D eigenvalue weighted by Crippen LogP contribution is 2.49. The van der Waals surface area contributed by atoms with Crippen LogP contribution >= 0.6 is 23.2 Å². The Morgan fingerprint density at radius 1 is 1.24 bits per heavy atom. The largest absolute Gasteiger partial charge is 0.435 e. The van der Waals surface area contributed by atoms with E-state index in [9.17, 15) is 18.0 Å². The smallest absolute Gasteiger partial charge is 0.374 e. The summed E-state index contributed by atoms with van der Waals surface area (Å²) in [6.07, 6.45) is -4.16. The third-order valence-electron chi connectivity index (χ3n) is 4.34. The van der Waals surface area contributed by atoms with Crippen LogP contribution in [0.15, 0.2) is 35.6 Å². The number of oxime groups is 1. The second kappa shape index (κ2) is 7.81. The van der Waals surface area contributed by atoms with Crippen molar-refractivity contribution in [3.05, 3.63) is 62.9 Å². The van der Waals surface area contributed by atoms with Crippen molar-refractivity contribution in [2.45, 2.75) is 25.1 Å². The highest BCUT2D eigenvalue weighted by molar-refractivity contribution is 6.34. The Bertz CT molecular complexity index is 978. The molecule has 1 unspecified atom stereocenters. The second-order valence-corrected chi connectivity index (χ2v) is 7.19. The summed E-state index contributed by atoms with van der Waals surface area (Å²) in [5, 5.41) is 3.74. The molecular weight excluding hydrogens is 434 g/mol. The molecule has 6 nitrogen and oxygen atoms in total. The van der Waals surface area contributed by atoms with Crippen molar-refractivity contribution in [1.82, 2.24) is 10.5 Å². The molecule has 0 fully saturated rings. The molecule has 11 heteroatoms. The zero-order valence-corrected chi connectivity index (χ0v) is 16.6. The van der Waals surface area contributed by atoms with Crippen molar-refractivity contribution < 1.29 is 27.6 Å². The number of carbonyl (C=O) groups is 1. The van der Waals surface area contributed by atoms with Crippen molar-refractivity contribution in [3.63, 3.8) is 0 Å². The normalized spacial score (nSPS) is 18.9. The van der Waals surface area contributed by atoms with Crippen LogP contribution in [0.1, 0.15) is 33.6 Å². The van der Waals surface area contributed by atoms with E-state index in [0.717, 1.165) is 12.1 Å². The van der Waals surface area contributed by atoms with Crippen LogP contribution in [-0.2, 0) is 15.3 Å². The van der Waals surface area contributed by atoms with E-state index in [4.69, 9.17) is 28.0 Å². The molecule has 1 aliphatic heterocycles. The van der Waals surface area contributed by atoms with Gasteiger partial charge in [-0.1, -0.05) is 28.4 Å². The van der Waals surface area contributed by atoms with Crippen LogP contribution in [0, 0.1) is 6.92 Å². The van der Waals surface area contributed by atoms with Gasteiger partial charge in [-0.25, -0.2) is 5.48 Å². The number of nitrogens with zero attached hydrogens (tertiary/aromatic N) is 2. The van der Waals surface area contributed by atoms with Gasteiger partial charge in [-0.05, 0) is 36.8 Å². The summed E-state index contributed by atoms with van der Waals surface area (Å²) >= 11 is 11.8. The molecule has 1 atom stereocenters. The molecule has 0 saturated carbocycles. The van der Waals surface area contributed by atoms with Crippen LogP contribution in [0.4, 0.5) is 13.2 Å². The summed E-state index contributed by atoms with van der Waals surface area (Å²) in [4.78, 5) is 25.3. The monoisotopic (exact) mass is 447 g/mol. The molecule has 1 aliphatic rings. The predicted molar refractivity (Wildman–Crippen MR) is 99.9 cm³/mol. The van der Waals surface area contributed by atoms with E-state index in [2.05, 4.69) is 20.5 Å². The maximum atomic E-state index is 14.0. The molecule has 3 rings (SSSR count). The van der Waals surface area contributed by atoms with E-state index in [0.29, 0.717) is 5.56 Å². The number of nitrogens with one attached hydrogen (secondary N) is 1. The molecule has 2 heterocycles. The lowest BCUT2D eigenvalue weighted by Gasteiger charge is -2.29. The number of amides is 1. The SMILES string of the molecule is CONC(=O)c1ncc(C2=NOC(c3cc(Cl)cc(Cl)c3)(C(F)(F)F)C2)cc1C. The third-order valence-corrected chi connectivity index (χ3v) is 4.77. The summed E-state index contributed by atoms with van der Waals surface area (Å²) in [5.41, 5.74) is -0.0716. The second-order valence-electron chi connectivity index (χ2n) is 6.31. The van der Waals surface area contributed by atoms with Gasteiger partial charge in [0.05, 0.1) is 19.2 Å². The van der Waals surface area contributed by atoms with Crippen LogP contribution in [-0.4, -0.2) is 29.9 Å². The topological polar surface area (TPSA) is 72.8 Å². The average Bonchev–Trinajstić information content (AvgIpc) is 3.07. The van der Waals surface area contributed by atoms with E-state index >= 15 is 0 Å². The lowest BCUT2D eigenvalue weighted by Crippen LogP contribution is -2.42. The van der Waals surface area contributed by atoms with Gasteiger partial charge in [-0.3, -0.25) is 14.6 Å². The minimum absolute atomic E-state index is 0.0210. The molecule has 0 saturated heterocycles. The van der Waals surface area contributed by atoms with E-state index in [1.165, 1.54) is 25.4 Å². The molecule has 2 aromatic rings. The van der Waals surface area contributed by atoms with Gasteiger partial charge >= 0.3 is 6.18 Å². The number of aryl methyl sites for hydroxylation is 1. The Hall–Kier alpha value is -2.36. The Morgan fingerprint density at radius 2 is 1.90 bits per heavy atom. The number of hydrogen-bond donors (Lipinski definition) is 1. The molecule has 0 radical (unpaired) electrons. The fraction of sp³-hybridized carbons (Fsp3) is 0.278. The molecule has 1 aromatic heterocycles. The van der Waals surface area contributed by atoms with Crippen molar-refractivity contribution >= 4 is 34.8 Å². The molecule has 154 valence electrons. The van der Waals surface area contributed by atoms with Gasteiger partial charge < -0.3 is 4.84 Å². The Balaban J connectivity index is 1.97. The van der Waals surface area contributed by atoms with E-state index < -0.39 is 24.1 Å². The third kappa shape index (κ3) is 4.03. The van der Waals surface area contributed by atoms with E-state index in [-0.39, 0.29) is 32.6 Å². The molecule has 0 spiro atoms. The number of pyridine rings is 1. The number of carbonyl (C=O) groups excluding carboxylic acids is 1. The number of alkyl halides is 3. The van der Waals surface area contributed by atoms with Crippen molar-refractivity contribution in [1.29, 1.82) is 0 Å². The van der Waals surface area contributed by atoms with Crippen LogP contribution < -0.4 is 5.48 Å². The van der Waals surface area contributed by atoms with Gasteiger partial charge in [-0.15, -0.1) is 0 Å². The van der Waals surface area contributed by atoms with E-state index in [1.54, 1.807) is 6.92 Å². The maximum Gasteiger partial charge on any atom is 0.435 e. The van der Waals surface area contributed by atoms with Crippen molar-refractivity contribution in [2.24, 2.45) is 5.16 Å². The fourth-order valence-electron chi connectivity index (χ4n) is 2.96. The van der Waals surface area contributed by atoms with Gasteiger partial charge in [0.1, 0.15) is 5.69 Å². The number of rotatable bonds is 4. The molecule has 1 aromatic carbocycles. The highest BCUT2D eigenvalue weighted by atomic mass is 35.5. The first-order valence-electron chi connectivity index (χ1n) is 8.16. The lowest BCUT2D eigenvalue weighted by molar-refractivity contribution is -0.275. The maximum absolute atomic E-state index is 14.0. The van der Waals surface area contributed by atoms with Crippen molar-refractivity contribution in [2.75, 3.05) is 7.11 Å². The summed E-state index contributed by atoms with van der Waals surface area (Å²) in [6, 6.07) is 5.10. The molecule has 1 N–H and O–H groups in total. The minimum Gasteiger partial charge on any atom is -0.374 e. The van der Waals surface area contributed by atoms with Crippen LogP contribution in [0.25, 0.3) is 0 Å². The van der Waals surface area contributed by atoms with E-state index in [1.807, 2.05) is 0 Å². The van der Waals surface area contributed by atoms with Gasteiger partial charge in [0.15, 0.2) is 0 Å². The van der Waals surface area contributed by atoms with Crippen LogP contribution in [0.5, 0.6) is 0 Å². The Morgan fingerprint density at radius 3 is 2.45 bits per heavy atom. The number of hydroxylamine groups is 1. The first-order chi connectivity index (χ1) is 13.6. The van der Waals surface area contributed by atoms with Gasteiger partial charge in [0.2, 0.25) is 0 Å². The number of halogens is 5. The van der Waals surface area contributed by atoms with Gasteiger partial charge in [-0.2, -0.15) is 13.2 Å². The fourth-order valence-corrected chi connectivity index (χ4v) is 3.48. The summed E-state index contributed by atoms with van der Waals surface area (Å²) in [7, 11) is 1.27. The standard InChI is InChI=1S/C18H14Cl2F3N3O3/c1-9-3-10(8-24-15(9)16(27)26-28-2)14-7-17(29-25-14,18(21,22)23)11-4-12(19)6-13(20)5-11/h3-6,8H,7H2,1-2H3,(H,26,27). The lowest BCUT2D eigenvalue weighted by atomic mass is 9.86. The van der Waals surface area contributed by atoms with Gasteiger partial charge in [0, 0.05) is 27.4 Å². The molecular formula is C18H14Cl2F3N3O3. The number of aromatic nitrogens is 1. The highest BCUT2D eigenvalue weighted by Gasteiger charge is 2.62. The Kier molecular flexibility index (Phi) is 5.75. The van der Waals surface area contributed by atoms with Crippen LogP contribution in [0.3, 0.4) is 0 Å². The van der Waals surface area contributed by atoms with Crippen LogP contribution in [0.2, 0.25) is 10.0 Å². The zero-order valence-electron chi connectivity index (χ0n) is 15.1. The molecule has 1 amide bonds. The van der Waals surface area contributed by atoms with Gasteiger partial charge in [0.25, 0.3) is 11.5 Å². The van der Waals surface area contributed by atoms with Crippen molar-refractivity contribution in [3.8, 4) is 0 Å². The predicted octanol–water partition coefficient (Wildman–Crippen LogP) is 4.57. The first-order valence-corrected chi connectivity index (χ1v) is 8.91. The summed E-state index contributed by atoms with van der Waals surface area (Å²) < 4.78 is 42.1. The quantitative estimate of drug-likeness (QED) is 0.696. The zero-order chi connectivity index (χ0) is 21.4. The number of hydrogen-bond acceptors (Lipinski definition) is 5. The molecule has 0 bridgehead atoms. The summed E-state index contributed by atoms with van der Waals surface area (Å²) in [6.45, 7) is 1.59. The summed E-state index contributed by atoms with van der Waals surface area (Å²) in [5.74, 6) is -0.584.